The zero-order valence-electron chi connectivity index (χ0n) is 14.8. The van der Waals surface area contributed by atoms with E-state index in [-0.39, 0.29) is 0 Å². The minimum absolute atomic E-state index is 0.481. The van der Waals surface area contributed by atoms with Crippen LogP contribution in [0.5, 0.6) is 0 Å². The maximum absolute atomic E-state index is 11.7. The number of nitrogens with zero attached hydrogens (tertiary/aromatic N) is 4. The molecule has 3 aromatic rings. The van der Waals surface area contributed by atoms with Gasteiger partial charge in [-0.2, -0.15) is 4.31 Å². The summed E-state index contributed by atoms with van der Waals surface area (Å²) in [5, 5.41) is 0. The number of H-pyrrole nitrogens is 1. The maximum Gasteiger partial charge on any atom is 0.211 e. The molecule has 26 heavy (non-hydrogen) atoms. The second kappa shape index (κ2) is 6.37. The van der Waals surface area contributed by atoms with Gasteiger partial charge in [-0.25, -0.2) is 18.4 Å². The molecule has 8 heteroatoms. The highest BCUT2D eigenvalue weighted by atomic mass is 32.2. The second-order valence-electron chi connectivity index (χ2n) is 6.61. The first-order valence-corrected chi connectivity index (χ1v) is 10.4. The molecule has 7 nitrogen and oxygen atoms in total. The van der Waals surface area contributed by atoms with Gasteiger partial charge < -0.3 is 9.88 Å². The molecule has 1 fully saturated rings. The van der Waals surface area contributed by atoms with E-state index in [4.69, 9.17) is 0 Å². The van der Waals surface area contributed by atoms with Crippen molar-refractivity contribution in [3.8, 4) is 11.4 Å². The van der Waals surface area contributed by atoms with E-state index < -0.39 is 10.0 Å². The summed E-state index contributed by atoms with van der Waals surface area (Å²) in [7, 11) is -3.13. The van der Waals surface area contributed by atoms with Crippen LogP contribution in [-0.2, 0) is 10.0 Å². The highest BCUT2D eigenvalue weighted by Gasteiger charge is 2.24. The summed E-state index contributed by atoms with van der Waals surface area (Å²) in [6.45, 7) is 4.23. The lowest BCUT2D eigenvalue weighted by Gasteiger charge is -2.34. The Kier molecular flexibility index (Phi) is 4.16. The predicted octanol–water partition coefficient (Wildman–Crippen LogP) is 2.01. The van der Waals surface area contributed by atoms with Crippen molar-refractivity contribution in [3.63, 3.8) is 0 Å². The van der Waals surface area contributed by atoms with Gasteiger partial charge in [-0.3, -0.25) is 0 Å². The number of rotatable bonds is 3. The van der Waals surface area contributed by atoms with E-state index in [0.717, 1.165) is 33.8 Å². The molecule has 0 atom stereocenters. The largest absolute Gasteiger partial charge is 0.354 e. The van der Waals surface area contributed by atoms with Gasteiger partial charge in [-0.1, -0.05) is 12.1 Å². The van der Waals surface area contributed by atoms with Crippen LogP contribution in [0, 0.1) is 6.92 Å². The van der Waals surface area contributed by atoms with Crippen LogP contribution >= 0.6 is 0 Å². The second-order valence-corrected chi connectivity index (χ2v) is 8.59. The average Bonchev–Trinajstić information content (AvgIpc) is 3.05. The molecular formula is C18H21N5O2S. The fourth-order valence-electron chi connectivity index (χ4n) is 3.27. The molecule has 1 aliphatic heterocycles. The molecule has 0 amide bonds. The summed E-state index contributed by atoms with van der Waals surface area (Å²) in [6.07, 6.45) is 3.10. The molecule has 0 radical (unpaired) electrons. The van der Waals surface area contributed by atoms with Gasteiger partial charge in [0.05, 0.1) is 17.3 Å². The summed E-state index contributed by atoms with van der Waals surface area (Å²) in [5.74, 6) is 1.67. The quantitative estimate of drug-likeness (QED) is 0.762. The van der Waals surface area contributed by atoms with Crippen molar-refractivity contribution in [3.05, 3.63) is 42.1 Å². The van der Waals surface area contributed by atoms with Crippen molar-refractivity contribution in [1.29, 1.82) is 0 Å². The molecule has 1 aromatic carbocycles. The number of aromatic nitrogens is 3. The summed E-state index contributed by atoms with van der Waals surface area (Å²) in [4.78, 5) is 14.7. The van der Waals surface area contributed by atoms with Gasteiger partial charge in [0.2, 0.25) is 10.0 Å². The minimum Gasteiger partial charge on any atom is -0.354 e. The fourth-order valence-corrected chi connectivity index (χ4v) is 4.10. The number of fused-ring (bicyclic) bond motifs is 1. The Bertz CT molecular complexity index is 1020. The Labute approximate surface area is 152 Å². The van der Waals surface area contributed by atoms with Crippen LogP contribution in [0.2, 0.25) is 0 Å². The van der Waals surface area contributed by atoms with Gasteiger partial charge in [0.1, 0.15) is 11.6 Å². The molecule has 0 saturated carbocycles. The van der Waals surface area contributed by atoms with E-state index in [1.807, 2.05) is 43.5 Å². The summed E-state index contributed by atoms with van der Waals surface area (Å²) in [5.41, 5.74) is 3.99. The zero-order chi connectivity index (χ0) is 18.3. The van der Waals surface area contributed by atoms with Crippen molar-refractivity contribution in [2.24, 2.45) is 0 Å². The van der Waals surface area contributed by atoms with E-state index in [1.165, 1.54) is 10.6 Å². The van der Waals surface area contributed by atoms with E-state index >= 15 is 0 Å². The van der Waals surface area contributed by atoms with E-state index in [2.05, 4.69) is 19.9 Å². The normalized spacial score (nSPS) is 16.3. The van der Waals surface area contributed by atoms with Crippen LogP contribution in [0.3, 0.4) is 0 Å². The third-order valence-corrected chi connectivity index (χ3v) is 6.07. The fraction of sp³-hybridized carbons (Fsp3) is 0.333. The SMILES string of the molecule is Cc1cnc(N2CCN(S(C)(=O)=O)CC2)cc1-c1nc2ccccc2[nH]1. The zero-order valence-corrected chi connectivity index (χ0v) is 15.6. The molecule has 0 unspecified atom stereocenters. The number of para-hydroxylation sites is 2. The van der Waals surface area contributed by atoms with Crippen molar-refractivity contribution in [2.75, 3.05) is 37.3 Å². The number of aryl methyl sites for hydroxylation is 1. The Morgan fingerprint density at radius 3 is 2.54 bits per heavy atom. The van der Waals surface area contributed by atoms with E-state index in [9.17, 15) is 8.42 Å². The highest BCUT2D eigenvalue weighted by Crippen LogP contribution is 2.27. The number of benzene rings is 1. The van der Waals surface area contributed by atoms with Gasteiger partial charge in [0, 0.05) is 37.9 Å². The van der Waals surface area contributed by atoms with Crippen molar-refractivity contribution >= 4 is 26.9 Å². The number of nitrogens with one attached hydrogen (secondary N) is 1. The van der Waals surface area contributed by atoms with Crippen LogP contribution in [-0.4, -0.2) is 60.1 Å². The van der Waals surface area contributed by atoms with Crippen LogP contribution < -0.4 is 4.90 Å². The van der Waals surface area contributed by atoms with Crippen LogP contribution in [0.1, 0.15) is 5.56 Å². The number of anilines is 1. The Morgan fingerprint density at radius 2 is 1.85 bits per heavy atom. The van der Waals surface area contributed by atoms with Crippen LogP contribution in [0.4, 0.5) is 5.82 Å². The lowest BCUT2D eigenvalue weighted by Crippen LogP contribution is -2.48. The number of hydrogen-bond donors (Lipinski definition) is 1. The van der Waals surface area contributed by atoms with Crippen molar-refractivity contribution in [2.45, 2.75) is 6.92 Å². The molecule has 2 aromatic heterocycles. The third kappa shape index (κ3) is 3.17. The van der Waals surface area contributed by atoms with Gasteiger partial charge in [0.25, 0.3) is 0 Å². The summed E-state index contributed by atoms with van der Waals surface area (Å²) < 4.78 is 24.9. The highest BCUT2D eigenvalue weighted by molar-refractivity contribution is 7.88. The molecule has 1 aliphatic rings. The lowest BCUT2D eigenvalue weighted by molar-refractivity contribution is 0.387. The number of imidazole rings is 1. The first kappa shape index (κ1) is 17.0. The summed E-state index contributed by atoms with van der Waals surface area (Å²) in [6, 6.07) is 9.98. The maximum atomic E-state index is 11.7. The van der Waals surface area contributed by atoms with Crippen LogP contribution in [0.25, 0.3) is 22.4 Å². The lowest BCUT2D eigenvalue weighted by atomic mass is 10.1. The van der Waals surface area contributed by atoms with Crippen molar-refractivity contribution in [1.82, 2.24) is 19.3 Å². The van der Waals surface area contributed by atoms with E-state index in [1.54, 1.807) is 0 Å². The Hall–Kier alpha value is -2.45. The molecule has 0 bridgehead atoms. The Morgan fingerprint density at radius 1 is 1.12 bits per heavy atom. The smallest absolute Gasteiger partial charge is 0.211 e. The monoisotopic (exact) mass is 371 g/mol. The average molecular weight is 371 g/mol. The molecule has 1 saturated heterocycles. The molecule has 1 N–H and O–H groups in total. The van der Waals surface area contributed by atoms with Gasteiger partial charge in [-0.15, -0.1) is 0 Å². The molecule has 0 spiro atoms. The number of hydrogen-bond acceptors (Lipinski definition) is 5. The minimum atomic E-state index is -3.13. The predicted molar refractivity (Wildman–Crippen MR) is 103 cm³/mol. The van der Waals surface area contributed by atoms with E-state index in [0.29, 0.717) is 26.2 Å². The van der Waals surface area contributed by atoms with Gasteiger partial charge in [-0.05, 0) is 30.7 Å². The number of sulfonamides is 1. The number of piperazine rings is 1. The number of aromatic amines is 1. The first-order chi connectivity index (χ1) is 12.4. The summed E-state index contributed by atoms with van der Waals surface area (Å²) >= 11 is 0. The molecule has 3 heterocycles. The molecular weight excluding hydrogens is 350 g/mol. The molecule has 136 valence electrons. The first-order valence-electron chi connectivity index (χ1n) is 8.54. The van der Waals surface area contributed by atoms with Gasteiger partial charge >= 0.3 is 0 Å². The topological polar surface area (TPSA) is 82.2 Å². The standard InChI is InChI=1S/C18H21N5O2S/c1-13-12-19-17(22-7-9-23(10-8-22)26(2,24)25)11-14(13)18-20-15-5-3-4-6-16(15)21-18/h3-6,11-12H,7-10H2,1-2H3,(H,20,21). The molecule has 4 rings (SSSR count). The van der Waals surface area contributed by atoms with Gasteiger partial charge in [0.15, 0.2) is 0 Å². The third-order valence-electron chi connectivity index (χ3n) is 4.76. The number of pyridine rings is 1. The van der Waals surface area contributed by atoms with Crippen LogP contribution in [0.15, 0.2) is 36.5 Å². The Balaban J connectivity index is 1.63. The van der Waals surface area contributed by atoms with Crippen molar-refractivity contribution < 1.29 is 8.42 Å². The molecule has 0 aliphatic carbocycles.